The lowest BCUT2D eigenvalue weighted by atomic mass is 9.63. The number of nitrogens with zero attached hydrogens (tertiary/aromatic N) is 2. The highest BCUT2D eigenvalue weighted by molar-refractivity contribution is 7.13. The largest absolute Gasteiger partial charge is 0.395 e. The molecule has 0 radical (unpaired) electrons. The van der Waals surface area contributed by atoms with Gasteiger partial charge in [-0.2, -0.15) is 0 Å². The second kappa shape index (κ2) is 9.30. The summed E-state index contributed by atoms with van der Waals surface area (Å²) in [4.78, 5) is 7.64. The van der Waals surface area contributed by atoms with Gasteiger partial charge in [0.1, 0.15) is 5.01 Å². The summed E-state index contributed by atoms with van der Waals surface area (Å²) < 4.78 is 0. The van der Waals surface area contributed by atoms with Crippen LogP contribution in [0.5, 0.6) is 0 Å². The summed E-state index contributed by atoms with van der Waals surface area (Å²) >= 11 is 1.81. The molecule has 0 atom stereocenters. The molecule has 0 bridgehead atoms. The van der Waals surface area contributed by atoms with Gasteiger partial charge in [0.2, 0.25) is 0 Å². The monoisotopic (exact) mass is 441 g/mol. The molecule has 2 aromatic rings. The fourth-order valence-electron chi connectivity index (χ4n) is 5.22. The van der Waals surface area contributed by atoms with E-state index < -0.39 is 0 Å². The average molecular weight is 442 g/mol. The Bertz CT molecular complexity index is 881. The number of hydrogen-bond acceptors (Lipinski definition) is 5. The standard InChI is InChI=1S/C26H39N3OS/c1-25(2)9-10-26(3,4)22-17-20(5-6-21(22)25)24-28-23(18-31-24)19-7-13-29(14-8-19)15-11-27-12-16-30/h5-6,17-19,27,30H,7-16H2,1-4H3. The van der Waals surface area contributed by atoms with Gasteiger partial charge in [-0.1, -0.05) is 39.8 Å². The normalized spacial score (nSPS) is 21.2. The zero-order chi connectivity index (χ0) is 22.1. The highest BCUT2D eigenvalue weighted by Crippen LogP contribution is 2.47. The van der Waals surface area contributed by atoms with Crippen molar-refractivity contribution in [3.05, 3.63) is 40.4 Å². The Balaban J connectivity index is 1.43. The molecule has 1 aromatic carbocycles. The van der Waals surface area contributed by atoms with Gasteiger partial charge in [0.15, 0.2) is 0 Å². The lowest BCUT2D eigenvalue weighted by Gasteiger charge is -2.42. The van der Waals surface area contributed by atoms with Crippen LogP contribution in [0.3, 0.4) is 0 Å². The zero-order valence-corrected chi connectivity index (χ0v) is 20.5. The van der Waals surface area contributed by atoms with E-state index in [1.165, 1.54) is 53.1 Å². The Morgan fingerprint density at radius 1 is 1.06 bits per heavy atom. The van der Waals surface area contributed by atoms with E-state index in [1.54, 1.807) is 0 Å². The Labute approximate surface area is 192 Å². The first kappa shape index (κ1) is 22.9. The first-order chi connectivity index (χ1) is 14.8. The zero-order valence-electron chi connectivity index (χ0n) is 19.7. The second-order valence-corrected chi connectivity index (χ2v) is 11.6. The average Bonchev–Trinajstić information content (AvgIpc) is 3.25. The number of piperidine rings is 1. The Hall–Kier alpha value is -1.27. The molecular weight excluding hydrogens is 402 g/mol. The third-order valence-corrected chi connectivity index (χ3v) is 8.43. The van der Waals surface area contributed by atoms with Crippen LogP contribution >= 0.6 is 11.3 Å². The van der Waals surface area contributed by atoms with Crippen molar-refractivity contribution in [2.45, 2.75) is 70.1 Å². The predicted molar refractivity (Wildman–Crippen MR) is 131 cm³/mol. The van der Waals surface area contributed by atoms with Gasteiger partial charge in [0.25, 0.3) is 0 Å². The summed E-state index contributed by atoms with van der Waals surface area (Å²) in [5.74, 6) is 0.583. The number of likely N-dealkylation sites (tertiary alicyclic amines) is 1. The Morgan fingerprint density at radius 3 is 2.48 bits per heavy atom. The second-order valence-electron chi connectivity index (χ2n) is 10.7. The summed E-state index contributed by atoms with van der Waals surface area (Å²) in [6.45, 7) is 14.8. The van der Waals surface area contributed by atoms with Gasteiger partial charge in [0, 0.05) is 36.5 Å². The minimum absolute atomic E-state index is 0.216. The van der Waals surface area contributed by atoms with Crippen molar-refractivity contribution in [2.75, 3.05) is 39.3 Å². The van der Waals surface area contributed by atoms with E-state index in [-0.39, 0.29) is 17.4 Å². The molecule has 1 saturated heterocycles. The molecule has 2 aliphatic rings. The van der Waals surface area contributed by atoms with Gasteiger partial charge in [-0.3, -0.25) is 0 Å². The van der Waals surface area contributed by atoms with Gasteiger partial charge in [0.05, 0.1) is 12.3 Å². The van der Waals surface area contributed by atoms with Crippen LogP contribution in [-0.2, 0) is 10.8 Å². The van der Waals surface area contributed by atoms with Crippen molar-refractivity contribution < 1.29 is 5.11 Å². The summed E-state index contributed by atoms with van der Waals surface area (Å²) in [5.41, 5.74) is 6.11. The number of aliphatic hydroxyl groups excluding tert-OH is 1. The van der Waals surface area contributed by atoms with Gasteiger partial charge in [-0.15, -0.1) is 11.3 Å². The van der Waals surface area contributed by atoms with Crippen LogP contribution in [0.1, 0.15) is 76.1 Å². The summed E-state index contributed by atoms with van der Waals surface area (Å²) in [6, 6.07) is 7.10. The first-order valence-corrected chi connectivity index (χ1v) is 12.8. The summed E-state index contributed by atoms with van der Waals surface area (Å²) in [7, 11) is 0. The van der Waals surface area contributed by atoms with Crippen molar-refractivity contribution in [3.8, 4) is 10.6 Å². The van der Waals surface area contributed by atoms with E-state index in [0.717, 1.165) is 26.2 Å². The predicted octanol–water partition coefficient (Wildman–Crippen LogP) is 4.92. The molecule has 0 saturated carbocycles. The van der Waals surface area contributed by atoms with Crippen LogP contribution < -0.4 is 5.32 Å². The highest BCUT2D eigenvalue weighted by Gasteiger charge is 2.37. The molecule has 31 heavy (non-hydrogen) atoms. The van der Waals surface area contributed by atoms with E-state index >= 15 is 0 Å². The van der Waals surface area contributed by atoms with Crippen molar-refractivity contribution in [1.82, 2.24) is 15.2 Å². The SMILES string of the molecule is CC1(C)CCC(C)(C)c2cc(-c3nc(C4CCN(CCNCCO)CC4)cs3)ccc21. The number of rotatable bonds is 7. The summed E-state index contributed by atoms with van der Waals surface area (Å²) in [5, 5.41) is 15.6. The van der Waals surface area contributed by atoms with E-state index in [9.17, 15) is 0 Å². The Kier molecular flexibility index (Phi) is 6.87. The smallest absolute Gasteiger partial charge is 0.123 e. The molecule has 4 rings (SSSR count). The molecule has 0 spiro atoms. The number of fused-ring (bicyclic) bond motifs is 1. The lowest BCUT2D eigenvalue weighted by molar-refractivity contribution is 0.209. The fraction of sp³-hybridized carbons (Fsp3) is 0.654. The van der Waals surface area contributed by atoms with Crippen LogP contribution in [0.4, 0.5) is 0 Å². The summed E-state index contributed by atoms with van der Waals surface area (Å²) in [6.07, 6.45) is 4.88. The van der Waals surface area contributed by atoms with E-state index in [2.05, 4.69) is 61.5 Å². The van der Waals surface area contributed by atoms with Gasteiger partial charge in [-0.05, 0) is 66.8 Å². The maximum absolute atomic E-state index is 8.87. The Morgan fingerprint density at radius 2 is 1.77 bits per heavy atom. The van der Waals surface area contributed by atoms with Crippen molar-refractivity contribution in [3.63, 3.8) is 0 Å². The topological polar surface area (TPSA) is 48.4 Å². The number of aromatic nitrogens is 1. The van der Waals surface area contributed by atoms with Crippen LogP contribution in [0, 0.1) is 0 Å². The number of nitrogens with one attached hydrogen (secondary N) is 1. The molecule has 2 N–H and O–H groups in total. The molecule has 170 valence electrons. The maximum Gasteiger partial charge on any atom is 0.123 e. The lowest BCUT2D eigenvalue weighted by Crippen LogP contribution is -2.38. The maximum atomic E-state index is 8.87. The molecular formula is C26H39N3OS. The van der Waals surface area contributed by atoms with Gasteiger partial charge in [-0.25, -0.2) is 4.98 Å². The first-order valence-electron chi connectivity index (χ1n) is 11.9. The molecule has 0 unspecified atom stereocenters. The third-order valence-electron chi connectivity index (χ3n) is 7.52. The van der Waals surface area contributed by atoms with Crippen molar-refractivity contribution in [2.24, 2.45) is 0 Å². The molecule has 4 nitrogen and oxygen atoms in total. The molecule has 1 fully saturated rings. The molecule has 1 aromatic heterocycles. The van der Waals surface area contributed by atoms with Gasteiger partial charge < -0.3 is 15.3 Å². The molecule has 2 heterocycles. The van der Waals surface area contributed by atoms with E-state index in [4.69, 9.17) is 10.1 Å². The molecule has 1 aliphatic heterocycles. The van der Waals surface area contributed by atoms with Crippen LogP contribution in [0.25, 0.3) is 10.6 Å². The van der Waals surface area contributed by atoms with Crippen LogP contribution in [0.15, 0.2) is 23.6 Å². The van der Waals surface area contributed by atoms with Crippen molar-refractivity contribution in [1.29, 1.82) is 0 Å². The van der Waals surface area contributed by atoms with Crippen LogP contribution in [0.2, 0.25) is 0 Å². The fourth-order valence-corrected chi connectivity index (χ4v) is 6.12. The molecule has 5 heteroatoms. The minimum atomic E-state index is 0.216. The number of hydrogen-bond donors (Lipinski definition) is 2. The van der Waals surface area contributed by atoms with E-state index in [1.807, 2.05) is 11.3 Å². The van der Waals surface area contributed by atoms with Gasteiger partial charge >= 0.3 is 0 Å². The molecule has 1 aliphatic carbocycles. The van der Waals surface area contributed by atoms with Crippen LogP contribution in [-0.4, -0.2) is 54.3 Å². The number of aliphatic hydroxyl groups is 1. The highest BCUT2D eigenvalue weighted by atomic mass is 32.1. The quantitative estimate of drug-likeness (QED) is 0.599. The minimum Gasteiger partial charge on any atom is -0.395 e. The van der Waals surface area contributed by atoms with Crippen molar-refractivity contribution >= 4 is 11.3 Å². The number of thiazole rings is 1. The third kappa shape index (κ3) is 5.05. The molecule has 0 amide bonds. The number of benzene rings is 1. The van der Waals surface area contributed by atoms with E-state index in [0.29, 0.717) is 12.5 Å².